The van der Waals surface area contributed by atoms with Gasteiger partial charge in [0, 0.05) is 15.1 Å². The number of carbonyl (C=O) groups is 2. The zero-order chi connectivity index (χ0) is 12.8. The number of amides is 2. The average molecular weight is 367 g/mol. The molecule has 2 amide bonds. The van der Waals surface area contributed by atoms with Crippen LogP contribution in [0.3, 0.4) is 0 Å². The first kappa shape index (κ1) is 14.2. The van der Waals surface area contributed by atoms with Crippen molar-refractivity contribution < 1.29 is 9.59 Å². The Hall–Kier alpha value is -0.820. The van der Waals surface area contributed by atoms with Crippen molar-refractivity contribution in [2.75, 3.05) is 13.1 Å². The monoisotopic (exact) mass is 366 g/mol. The number of carbonyl (C=O) groups excluding carboxylic acids is 2. The normalized spacial score (nSPS) is 9.82. The zero-order valence-corrected chi connectivity index (χ0v) is 12.1. The summed E-state index contributed by atoms with van der Waals surface area (Å²) in [6, 6.07) is 4.98. The van der Waals surface area contributed by atoms with Gasteiger partial charge in [-0.2, -0.15) is 0 Å². The zero-order valence-electron chi connectivity index (χ0n) is 9.22. The number of likely N-dealkylation sites (N-methyl/N-ethyl adjacent to an activating group) is 1. The number of hydrogen-bond donors (Lipinski definition) is 2. The van der Waals surface area contributed by atoms with E-state index in [2.05, 4.69) is 10.6 Å². The molecule has 0 aliphatic rings. The van der Waals surface area contributed by atoms with Gasteiger partial charge in [0.05, 0.1) is 12.1 Å². The minimum Gasteiger partial charge on any atom is -0.355 e. The Morgan fingerprint density at radius 2 is 2.06 bits per heavy atom. The molecule has 0 bridgehead atoms. The highest BCUT2D eigenvalue weighted by Gasteiger charge is 2.11. The quantitative estimate of drug-likeness (QED) is 0.799. The second-order valence-corrected chi connectivity index (χ2v) is 4.86. The Morgan fingerprint density at radius 1 is 1.35 bits per heavy atom. The highest BCUT2D eigenvalue weighted by Crippen LogP contribution is 2.17. The lowest BCUT2D eigenvalue weighted by atomic mass is 10.2. The molecule has 0 atom stereocenters. The van der Waals surface area contributed by atoms with Gasteiger partial charge in [-0.1, -0.05) is 11.6 Å². The Labute approximate surface area is 118 Å². The van der Waals surface area contributed by atoms with E-state index in [-0.39, 0.29) is 18.4 Å². The fourth-order valence-electron chi connectivity index (χ4n) is 1.19. The van der Waals surface area contributed by atoms with Gasteiger partial charge in [0.25, 0.3) is 5.91 Å². The summed E-state index contributed by atoms with van der Waals surface area (Å²) in [7, 11) is 0. The van der Waals surface area contributed by atoms with E-state index < -0.39 is 0 Å². The van der Waals surface area contributed by atoms with Crippen LogP contribution in [-0.2, 0) is 4.79 Å². The van der Waals surface area contributed by atoms with Crippen molar-refractivity contribution in [1.29, 1.82) is 0 Å². The van der Waals surface area contributed by atoms with Gasteiger partial charge in [0.1, 0.15) is 0 Å². The number of hydrogen-bond acceptors (Lipinski definition) is 2. The van der Waals surface area contributed by atoms with Crippen LogP contribution in [0.25, 0.3) is 0 Å². The van der Waals surface area contributed by atoms with Crippen LogP contribution in [0.15, 0.2) is 18.2 Å². The predicted octanol–water partition coefficient (Wildman–Crippen LogP) is 1.81. The summed E-state index contributed by atoms with van der Waals surface area (Å²) < 4.78 is 0.753. The van der Waals surface area contributed by atoms with Crippen LogP contribution >= 0.6 is 34.2 Å². The fraction of sp³-hybridized carbons (Fsp3) is 0.273. The molecule has 0 aliphatic heterocycles. The summed E-state index contributed by atoms with van der Waals surface area (Å²) in [6.45, 7) is 2.35. The van der Waals surface area contributed by atoms with E-state index in [1.54, 1.807) is 18.2 Å². The third kappa shape index (κ3) is 4.51. The molecule has 4 nitrogen and oxygen atoms in total. The van der Waals surface area contributed by atoms with E-state index in [9.17, 15) is 9.59 Å². The van der Waals surface area contributed by atoms with Gasteiger partial charge in [-0.15, -0.1) is 0 Å². The van der Waals surface area contributed by atoms with Gasteiger partial charge in [-0.25, -0.2) is 0 Å². The number of rotatable bonds is 4. The predicted molar refractivity (Wildman–Crippen MR) is 75.2 cm³/mol. The molecule has 1 aromatic rings. The van der Waals surface area contributed by atoms with E-state index in [0.717, 1.165) is 3.57 Å². The molecule has 0 saturated heterocycles. The standard InChI is InChI=1S/C11H12ClIN2O2/c1-2-14-10(16)6-15-11(17)8-4-3-7(12)5-9(8)13/h3-5H,2,6H2,1H3,(H,14,16)(H,15,17). The van der Waals surface area contributed by atoms with Gasteiger partial charge in [0.15, 0.2) is 0 Å². The third-order valence-electron chi connectivity index (χ3n) is 1.96. The molecule has 0 radical (unpaired) electrons. The molecule has 0 saturated carbocycles. The van der Waals surface area contributed by atoms with Gasteiger partial charge < -0.3 is 10.6 Å². The minimum atomic E-state index is -0.280. The van der Waals surface area contributed by atoms with Crippen molar-refractivity contribution >= 4 is 46.0 Å². The topological polar surface area (TPSA) is 58.2 Å². The first-order chi connectivity index (χ1) is 8.04. The lowest BCUT2D eigenvalue weighted by Gasteiger charge is -2.07. The molecule has 0 heterocycles. The smallest absolute Gasteiger partial charge is 0.252 e. The number of nitrogens with one attached hydrogen (secondary N) is 2. The van der Waals surface area contributed by atoms with Crippen LogP contribution in [0, 0.1) is 3.57 Å². The molecule has 1 aromatic carbocycles. The lowest BCUT2D eigenvalue weighted by molar-refractivity contribution is -0.120. The Bertz CT molecular complexity index is 437. The summed E-state index contributed by atoms with van der Waals surface area (Å²) in [6.07, 6.45) is 0. The van der Waals surface area contributed by atoms with Crippen LogP contribution < -0.4 is 10.6 Å². The van der Waals surface area contributed by atoms with Gasteiger partial charge >= 0.3 is 0 Å². The second-order valence-electron chi connectivity index (χ2n) is 3.26. The van der Waals surface area contributed by atoms with Crippen LogP contribution in [0.1, 0.15) is 17.3 Å². The summed E-state index contributed by atoms with van der Waals surface area (Å²) >= 11 is 7.82. The molecule has 92 valence electrons. The van der Waals surface area contributed by atoms with E-state index in [1.807, 2.05) is 29.5 Å². The highest BCUT2D eigenvalue weighted by molar-refractivity contribution is 14.1. The second kappa shape index (κ2) is 6.80. The molecular formula is C11H12ClIN2O2. The summed E-state index contributed by atoms with van der Waals surface area (Å²) in [5.74, 6) is -0.484. The van der Waals surface area contributed by atoms with Crippen molar-refractivity contribution in [1.82, 2.24) is 10.6 Å². The third-order valence-corrected chi connectivity index (χ3v) is 3.09. The van der Waals surface area contributed by atoms with Crippen molar-refractivity contribution in [3.05, 3.63) is 32.4 Å². The molecule has 0 unspecified atom stereocenters. The van der Waals surface area contributed by atoms with Crippen molar-refractivity contribution in [3.8, 4) is 0 Å². The first-order valence-electron chi connectivity index (χ1n) is 5.04. The van der Waals surface area contributed by atoms with Crippen LogP contribution in [0.4, 0.5) is 0 Å². The maximum Gasteiger partial charge on any atom is 0.252 e. The molecule has 2 N–H and O–H groups in total. The molecule has 17 heavy (non-hydrogen) atoms. The van der Waals surface area contributed by atoms with Crippen LogP contribution in [0.5, 0.6) is 0 Å². The largest absolute Gasteiger partial charge is 0.355 e. The molecule has 0 aromatic heterocycles. The molecule has 0 fully saturated rings. The molecule has 1 rings (SSSR count). The van der Waals surface area contributed by atoms with E-state index in [4.69, 9.17) is 11.6 Å². The van der Waals surface area contributed by atoms with Gasteiger partial charge in [0.2, 0.25) is 5.91 Å². The first-order valence-corrected chi connectivity index (χ1v) is 6.50. The van der Waals surface area contributed by atoms with E-state index in [0.29, 0.717) is 17.1 Å². The SMILES string of the molecule is CCNC(=O)CNC(=O)c1ccc(Cl)cc1I. The summed E-state index contributed by atoms with van der Waals surface area (Å²) in [4.78, 5) is 22.9. The average Bonchev–Trinajstić information content (AvgIpc) is 2.26. The van der Waals surface area contributed by atoms with E-state index >= 15 is 0 Å². The number of benzene rings is 1. The van der Waals surface area contributed by atoms with Crippen LogP contribution in [-0.4, -0.2) is 24.9 Å². The van der Waals surface area contributed by atoms with Crippen molar-refractivity contribution in [2.45, 2.75) is 6.92 Å². The molecule has 0 spiro atoms. The lowest BCUT2D eigenvalue weighted by Crippen LogP contribution is -2.37. The van der Waals surface area contributed by atoms with Crippen molar-refractivity contribution in [3.63, 3.8) is 0 Å². The van der Waals surface area contributed by atoms with E-state index in [1.165, 1.54) is 0 Å². The highest BCUT2D eigenvalue weighted by atomic mass is 127. The number of halogens is 2. The maximum absolute atomic E-state index is 11.7. The van der Waals surface area contributed by atoms with Gasteiger partial charge in [-0.3, -0.25) is 9.59 Å². The maximum atomic E-state index is 11.7. The molecule has 0 aliphatic carbocycles. The molecule has 6 heteroatoms. The molecular weight excluding hydrogens is 354 g/mol. The Morgan fingerprint density at radius 3 is 2.65 bits per heavy atom. The minimum absolute atomic E-state index is 0.0224. The summed E-state index contributed by atoms with van der Waals surface area (Å²) in [5, 5.41) is 5.72. The van der Waals surface area contributed by atoms with Gasteiger partial charge in [-0.05, 0) is 47.7 Å². The van der Waals surface area contributed by atoms with Crippen LogP contribution in [0.2, 0.25) is 5.02 Å². The fourth-order valence-corrected chi connectivity index (χ4v) is 2.31. The summed E-state index contributed by atoms with van der Waals surface area (Å²) in [5.41, 5.74) is 0.513. The Kier molecular flexibility index (Phi) is 5.70. The Balaban J connectivity index is 2.61. The van der Waals surface area contributed by atoms with Crippen molar-refractivity contribution in [2.24, 2.45) is 0 Å².